The molecule has 1 atom stereocenters. The van der Waals surface area contributed by atoms with Crippen molar-refractivity contribution in [2.24, 2.45) is 7.05 Å². The lowest BCUT2D eigenvalue weighted by Crippen LogP contribution is -2.38. The van der Waals surface area contributed by atoms with E-state index in [4.69, 9.17) is 4.74 Å². The summed E-state index contributed by atoms with van der Waals surface area (Å²) in [7, 11) is 1.82. The second-order valence-corrected chi connectivity index (χ2v) is 6.07. The summed E-state index contributed by atoms with van der Waals surface area (Å²) in [6, 6.07) is 14.7. The Hall–Kier alpha value is -2.86. The SMILES string of the molecule is Cn1nc(C(=O)N2CCOc3ccccc3C2CO)c2ccccc21. The van der Waals surface area contributed by atoms with E-state index in [0.29, 0.717) is 24.6 Å². The van der Waals surface area contributed by atoms with Gasteiger partial charge in [0, 0.05) is 18.0 Å². The smallest absolute Gasteiger partial charge is 0.275 e. The molecule has 0 saturated carbocycles. The zero-order valence-corrected chi connectivity index (χ0v) is 13.9. The normalized spacial score (nSPS) is 17.0. The number of fused-ring (bicyclic) bond motifs is 2. The van der Waals surface area contributed by atoms with E-state index in [-0.39, 0.29) is 12.5 Å². The van der Waals surface area contributed by atoms with E-state index in [1.165, 1.54) is 0 Å². The standard InChI is InChI=1S/C19H19N3O3/c1-21-15-8-4-2-7-14(15)18(20-21)19(24)22-10-11-25-17-9-5-3-6-13(17)16(22)12-23/h2-9,16,23H,10-12H2,1H3. The van der Waals surface area contributed by atoms with E-state index < -0.39 is 6.04 Å². The highest BCUT2D eigenvalue weighted by molar-refractivity contribution is 6.05. The van der Waals surface area contributed by atoms with Crippen LogP contribution >= 0.6 is 0 Å². The second-order valence-electron chi connectivity index (χ2n) is 6.07. The summed E-state index contributed by atoms with van der Waals surface area (Å²) >= 11 is 0. The first-order valence-electron chi connectivity index (χ1n) is 8.26. The molecule has 1 unspecified atom stereocenters. The van der Waals surface area contributed by atoms with Crippen LogP contribution in [-0.2, 0) is 7.05 Å². The number of rotatable bonds is 2. The number of aliphatic hydroxyl groups excluding tert-OH is 1. The van der Waals surface area contributed by atoms with Crippen LogP contribution in [0.5, 0.6) is 5.75 Å². The molecule has 0 bridgehead atoms. The summed E-state index contributed by atoms with van der Waals surface area (Å²) in [6.45, 7) is 0.602. The number of nitrogens with zero attached hydrogens (tertiary/aromatic N) is 3. The van der Waals surface area contributed by atoms with Crippen LogP contribution in [0.4, 0.5) is 0 Å². The number of para-hydroxylation sites is 2. The fourth-order valence-electron chi connectivity index (χ4n) is 3.41. The minimum atomic E-state index is -0.452. The van der Waals surface area contributed by atoms with Gasteiger partial charge in [0.25, 0.3) is 5.91 Å². The molecule has 128 valence electrons. The van der Waals surface area contributed by atoms with Gasteiger partial charge in [-0.1, -0.05) is 36.4 Å². The largest absolute Gasteiger partial charge is 0.491 e. The van der Waals surface area contributed by atoms with Gasteiger partial charge in [0.1, 0.15) is 12.4 Å². The second kappa shape index (κ2) is 6.22. The van der Waals surface area contributed by atoms with Crippen LogP contribution in [0.15, 0.2) is 48.5 Å². The molecule has 4 rings (SSSR count). The van der Waals surface area contributed by atoms with Crippen molar-refractivity contribution in [3.05, 3.63) is 59.8 Å². The number of aliphatic hydroxyl groups is 1. The summed E-state index contributed by atoms with van der Waals surface area (Å²) in [5.41, 5.74) is 2.12. The predicted molar refractivity (Wildman–Crippen MR) is 93.5 cm³/mol. The maximum atomic E-state index is 13.2. The van der Waals surface area contributed by atoms with Gasteiger partial charge in [0.05, 0.1) is 24.7 Å². The van der Waals surface area contributed by atoms with E-state index in [9.17, 15) is 9.90 Å². The average molecular weight is 337 g/mol. The van der Waals surface area contributed by atoms with Crippen molar-refractivity contribution in [1.82, 2.24) is 14.7 Å². The highest BCUT2D eigenvalue weighted by Crippen LogP contribution is 2.33. The molecule has 0 saturated heterocycles. The van der Waals surface area contributed by atoms with E-state index in [1.807, 2.05) is 55.6 Å². The molecule has 25 heavy (non-hydrogen) atoms. The van der Waals surface area contributed by atoms with E-state index in [2.05, 4.69) is 5.10 Å². The number of amides is 1. The Morgan fingerprint density at radius 2 is 2.00 bits per heavy atom. The van der Waals surface area contributed by atoms with Crippen molar-refractivity contribution in [2.75, 3.05) is 19.8 Å². The van der Waals surface area contributed by atoms with Gasteiger partial charge in [-0.25, -0.2) is 0 Å². The van der Waals surface area contributed by atoms with E-state index >= 15 is 0 Å². The van der Waals surface area contributed by atoms with Gasteiger partial charge in [-0.15, -0.1) is 0 Å². The molecule has 2 aromatic carbocycles. The van der Waals surface area contributed by atoms with Crippen molar-refractivity contribution in [2.45, 2.75) is 6.04 Å². The molecule has 1 aliphatic rings. The van der Waals surface area contributed by atoms with E-state index in [0.717, 1.165) is 16.5 Å². The number of carbonyl (C=O) groups is 1. The maximum absolute atomic E-state index is 13.2. The number of hydrogen-bond acceptors (Lipinski definition) is 4. The Labute approximate surface area is 145 Å². The fourth-order valence-corrected chi connectivity index (χ4v) is 3.41. The molecule has 1 aromatic heterocycles. The number of benzene rings is 2. The zero-order valence-electron chi connectivity index (χ0n) is 13.9. The van der Waals surface area contributed by atoms with Crippen molar-refractivity contribution in [1.29, 1.82) is 0 Å². The molecule has 2 heterocycles. The molecule has 3 aromatic rings. The maximum Gasteiger partial charge on any atom is 0.275 e. The molecule has 0 radical (unpaired) electrons. The lowest BCUT2D eigenvalue weighted by atomic mass is 10.0. The molecule has 6 nitrogen and oxygen atoms in total. The molecule has 0 aliphatic carbocycles. The van der Waals surface area contributed by atoms with Crippen molar-refractivity contribution < 1.29 is 14.6 Å². The molecular formula is C19H19N3O3. The molecule has 0 fully saturated rings. The van der Waals surface area contributed by atoms with Crippen molar-refractivity contribution in [3.63, 3.8) is 0 Å². The van der Waals surface area contributed by atoms with Gasteiger partial charge in [0.2, 0.25) is 0 Å². The summed E-state index contributed by atoms with van der Waals surface area (Å²) in [4.78, 5) is 14.9. The lowest BCUT2D eigenvalue weighted by Gasteiger charge is -2.28. The third-order valence-corrected chi connectivity index (χ3v) is 4.64. The molecular weight excluding hydrogens is 318 g/mol. The Balaban J connectivity index is 1.78. The van der Waals surface area contributed by atoms with Gasteiger partial charge >= 0.3 is 0 Å². The summed E-state index contributed by atoms with van der Waals surface area (Å²) in [6.07, 6.45) is 0. The highest BCUT2D eigenvalue weighted by atomic mass is 16.5. The quantitative estimate of drug-likeness (QED) is 0.778. The molecule has 1 aliphatic heterocycles. The Bertz CT molecular complexity index is 935. The van der Waals surface area contributed by atoms with Gasteiger partial charge in [0.15, 0.2) is 5.69 Å². The number of carbonyl (C=O) groups excluding carboxylic acids is 1. The third-order valence-electron chi connectivity index (χ3n) is 4.64. The van der Waals surface area contributed by atoms with Crippen LogP contribution in [0.1, 0.15) is 22.1 Å². The summed E-state index contributed by atoms with van der Waals surface area (Å²) in [5.74, 6) is 0.513. The zero-order chi connectivity index (χ0) is 17.4. The lowest BCUT2D eigenvalue weighted by molar-refractivity contribution is 0.0580. The highest BCUT2D eigenvalue weighted by Gasteiger charge is 2.32. The minimum absolute atomic E-state index is 0.170. The average Bonchev–Trinajstić information content (AvgIpc) is 2.87. The monoisotopic (exact) mass is 337 g/mol. The molecule has 1 N–H and O–H groups in total. The Morgan fingerprint density at radius 1 is 1.24 bits per heavy atom. The minimum Gasteiger partial charge on any atom is -0.491 e. The molecule has 6 heteroatoms. The van der Waals surface area contributed by atoms with Crippen LogP contribution in [-0.4, -0.2) is 45.5 Å². The van der Waals surface area contributed by atoms with Gasteiger partial charge in [-0.2, -0.15) is 5.10 Å². The summed E-state index contributed by atoms with van der Waals surface area (Å²) in [5, 5.41) is 15.2. The van der Waals surface area contributed by atoms with Crippen LogP contribution < -0.4 is 4.74 Å². The molecule has 0 spiro atoms. The van der Waals surface area contributed by atoms with Crippen LogP contribution in [0, 0.1) is 0 Å². The third kappa shape index (κ3) is 2.55. The van der Waals surface area contributed by atoms with Gasteiger partial charge in [-0.3, -0.25) is 9.48 Å². The first-order valence-corrected chi connectivity index (χ1v) is 8.26. The van der Waals surface area contributed by atoms with Gasteiger partial charge in [-0.05, 0) is 12.1 Å². The number of hydrogen-bond donors (Lipinski definition) is 1. The van der Waals surface area contributed by atoms with Crippen molar-refractivity contribution >= 4 is 16.8 Å². The number of ether oxygens (including phenoxy) is 1. The Morgan fingerprint density at radius 3 is 2.84 bits per heavy atom. The Kier molecular flexibility index (Phi) is 3.89. The molecule has 1 amide bonds. The topological polar surface area (TPSA) is 67.6 Å². The number of aromatic nitrogens is 2. The predicted octanol–water partition coefficient (Wildman–Crippen LogP) is 2.14. The fraction of sp³-hybridized carbons (Fsp3) is 0.263. The summed E-state index contributed by atoms with van der Waals surface area (Å²) < 4.78 is 7.47. The van der Waals surface area contributed by atoms with Crippen LogP contribution in [0.3, 0.4) is 0 Å². The van der Waals surface area contributed by atoms with Crippen LogP contribution in [0.2, 0.25) is 0 Å². The van der Waals surface area contributed by atoms with Gasteiger partial charge < -0.3 is 14.7 Å². The van der Waals surface area contributed by atoms with Crippen molar-refractivity contribution in [3.8, 4) is 5.75 Å². The number of aryl methyl sites for hydroxylation is 1. The first kappa shape index (κ1) is 15.7. The van der Waals surface area contributed by atoms with Crippen LogP contribution in [0.25, 0.3) is 10.9 Å². The first-order chi connectivity index (χ1) is 12.2. The van der Waals surface area contributed by atoms with E-state index in [1.54, 1.807) is 9.58 Å².